The van der Waals surface area contributed by atoms with Crippen LogP contribution in [0.25, 0.3) is 0 Å². The quantitative estimate of drug-likeness (QED) is 0.0222. The number of ether oxygens (including phenoxy) is 4. The number of phosphoric ester groups is 2. The standard InChI is InChI=1S/C77H150O17P2/c1-7-9-11-13-15-17-18-19-20-21-22-26-31-36-42-48-54-60-75(80)88-66-73(94-76(81)61-55-49-43-37-32-27-24-23-25-29-34-39-45-51-57-69(3)4)68-92-96(85,86)90-64-71(78)63-89-95(83,84)91-67-72(65-87-74(79)59-53-47-41-16-14-12-10-8-2)93-77(82)62-56-50-44-38-33-28-30-35-40-46-52-58-70(5)6/h69-73,78H,7-68H2,1-6H3,(H,83,84)(H,85,86)/t71-,72+,73+/m0/s1. The maximum absolute atomic E-state index is 13.1. The van der Waals surface area contributed by atoms with Crippen molar-refractivity contribution in [2.45, 2.75) is 419 Å². The molecule has 3 N–H and O–H groups in total. The molecule has 0 amide bonds. The molecule has 0 rings (SSSR count). The normalized spacial score (nSPS) is 14.0. The summed E-state index contributed by atoms with van der Waals surface area (Å²) >= 11 is 0. The Morgan fingerprint density at radius 3 is 0.708 bits per heavy atom. The first-order valence-corrected chi connectivity index (χ1v) is 43.0. The largest absolute Gasteiger partial charge is 0.472 e. The monoisotopic (exact) mass is 1410 g/mol. The summed E-state index contributed by atoms with van der Waals surface area (Å²) in [6, 6.07) is 0. The van der Waals surface area contributed by atoms with Crippen molar-refractivity contribution in [1.29, 1.82) is 0 Å². The molecule has 5 atom stereocenters. The third-order valence-corrected chi connectivity index (χ3v) is 19.9. The Morgan fingerprint density at radius 1 is 0.281 bits per heavy atom. The van der Waals surface area contributed by atoms with Gasteiger partial charge in [-0.3, -0.25) is 37.3 Å². The molecule has 0 aromatic rings. The number of unbranched alkanes of at least 4 members (excludes halogenated alkanes) is 46. The van der Waals surface area contributed by atoms with Crippen LogP contribution in [0.15, 0.2) is 0 Å². The third kappa shape index (κ3) is 70.5. The van der Waals surface area contributed by atoms with Crippen molar-refractivity contribution in [3.05, 3.63) is 0 Å². The molecule has 19 heteroatoms. The lowest BCUT2D eigenvalue weighted by Crippen LogP contribution is -2.30. The molecule has 2 unspecified atom stereocenters. The third-order valence-electron chi connectivity index (χ3n) is 18.0. The molecule has 0 aliphatic heterocycles. The van der Waals surface area contributed by atoms with Crippen molar-refractivity contribution < 1.29 is 80.2 Å². The topological polar surface area (TPSA) is 237 Å². The van der Waals surface area contributed by atoms with Gasteiger partial charge in [0.25, 0.3) is 0 Å². The van der Waals surface area contributed by atoms with Gasteiger partial charge in [0.05, 0.1) is 26.4 Å². The first-order valence-electron chi connectivity index (χ1n) is 40.0. The van der Waals surface area contributed by atoms with Crippen LogP contribution in [0.3, 0.4) is 0 Å². The molecule has 0 spiro atoms. The fourth-order valence-electron chi connectivity index (χ4n) is 11.8. The van der Waals surface area contributed by atoms with Crippen LogP contribution in [0, 0.1) is 11.8 Å². The van der Waals surface area contributed by atoms with E-state index in [4.69, 9.17) is 37.0 Å². The van der Waals surface area contributed by atoms with Crippen LogP contribution in [0.2, 0.25) is 0 Å². The van der Waals surface area contributed by atoms with Crippen molar-refractivity contribution >= 4 is 39.5 Å². The SMILES string of the molecule is CCCCCCCCCCCCCCCCCCCC(=O)OC[C@H](COP(=O)(O)OC[C@@H](O)COP(=O)(O)OC[C@@H](COC(=O)CCCCCCCCCC)OC(=O)CCCCCCCCCCCCCC(C)C)OC(=O)CCCCCCCCCCCCCCCCC(C)C. The van der Waals surface area contributed by atoms with Crippen LogP contribution in [0.4, 0.5) is 0 Å². The van der Waals surface area contributed by atoms with Gasteiger partial charge in [-0.2, -0.15) is 0 Å². The van der Waals surface area contributed by atoms with E-state index in [1.807, 2.05) is 0 Å². The molecule has 0 fully saturated rings. The average Bonchev–Trinajstić information content (AvgIpc) is 1.38. The first-order chi connectivity index (χ1) is 46.4. The molecule has 0 saturated heterocycles. The fourth-order valence-corrected chi connectivity index (χ4v) is 13.4. The van der Waals surface area contributed by atoms with Crippen LogP contribution in [0.5, 0.6) is 0 Å². The van der Waals surface area contributed by atoms with E-state index in [9.17, 15) is 43.2 Å². The van der Waals surface area contributed by atoms with Crippen molar-refractivity contribution in [2.24, 2.45) is 11.8 Å². The van der Waals surface area contributed by atoms with Gasteiger partial charge in [-0.05, 0) is 37.5 Å². The number of carbonyl (C=O) groups excluding carboxylic acids is 4. The Bertz CT molecular complexity index is 1860. The van der Waals surface area contributed by atoms with E-state index in [1.54, 1.807) is 0 Å². The molecule has 0 aliphatic carbocycles. The second kappa shape index (κ2) is 68.8. The van der Waals surface area contributed by atoms with Crippen LogP contribution in [-0.4, -0.2) is 96.7 Å². The maximum atomic E-state index is 13.1. The number of phosphoric acid groups is 2. The smallest absolute Gasteiger partial charge is 0.462 e. The molecule has 0 aromatic carbocycles. The van der Waals surface area contributed by atoms with Crippen LogP contribution in [-0.2, 0) is 65.4 Å². The predicted molar refractivity (Wildman–Crippen MR) is 391 cm³/mol. The van der Waals surface area contributed by atoms with Gasteiger partial charge in [-0.15, -0.1) is 0 Å². The van der Waals surface area contributed by atoms with E-state index in [0.29, 0.717) is 25.7 Å². The van der Waals surface area contributed by atoms with Crippen molar-refractivity contribution in [1.82, 2.24) is 0 Å². The number of esters is 4. The molecule has 0 saturated carbocycles. The average molecular weight is 1410 g/mol. The minimum absolute atomic E-state index is 0.106. The lowest BCUT2D eigenvalue weighted by atomic mass is 10.0. The van der Waals surface area contributed by atoms with Gasteiger partial charge in [0, 0.05) is 25.7 Å². The van der Waals surface area contributed by atoms with Gasteiger partial charge in [-0.1, -0.05) is 350 Å². The van der Waals surface area contributed by atoms with Crippen molar-refractivity contribution in [3.63, 3.8) is 0 Å². The summed E-state index contributed by atoms with van der Waals surface area (Å²) in [7, 11) is -9.91. The van der Waals surface area contributed by atoms with Crippen LogP contribution in [0.1, 0.15) is 401 Å². The summed E-state index contributed by atoms with van der Waals surface area (Å²) in [6.45, 7) is 9.60. The van der Waals surface area contributed by atoms with Gasteiger partial charge in [-0.25, -0.2) is 9.13 Å². The van der Waals surface area contributed by atoms with E-state index in [0.717, 1.165) is 108 Å². The summed E-state index contributed by atoms with van der Waals surface area (Å²) in [6.07, 6.45) is 56.9. The molecule has 0 aliphatic rings. The van der Waals surface area contributed by atoms with Crippen LogP contribution < -0.4 is 0 Å². The van der Waals surface area contributed by atoms with Crippen LogP contribution >= 0.6 is 15.6 Å². The molecule has 0 radical (unpaired) electrons. The Labute approximate surface area is 588 Å². The second-order valence-electron chi connectivity index (χ2n) is 28.7. The van der Waals surface area contributed by atoms with Gasteiger partial charge >= 0.3 is 39.5 Å². The molecule has 0 bridgehead atoms. The van der Waals surface area contributed by atoms with E-state index < -0.39 is 97.5 Å². The Balaban J connectivity index is 5.21. The predicted octanol–water partition coefficient (Wildman–Crippen LogP) is 22.7. The number of aliphatic hydroxyl groups is 1. The van der Waals surface area contributed by atoms with Gasteiger partial charge in [0.1, 0.15) is 19.3 Å². The maximum Gasteiger partial charge on any atom is 0.472 e. The van der Waals surface area contributed by atoms with Gasteiger partial charge in [0.15, 0.2) is 12.2 Å². The molecule has 96 heavy (non-hydrogen) atoms. The lowest BCUT2D eigenvalue weighted by molar-refractivity contribution is -0.161. The molecule has 17 nitrogen and oxygen atoms in total. The highest BCUT2D eigenvalue weighted by Crippen LogP contribution is 2.45. The number of hydrogen-bond acceptors (Lipinski definition) is 15. The number of carbonyl (C=O) groups is 4. The molecular weight excluding hydrogens is 1260 g/mol. The highest BCUT2D eigenvalue weighted by atomic mass is 31.2. The Hall–Kier alpha value is -1.94. The minimum Gasteiger partial charge on any atom is -0.462 e. The molecule has 0 aromatic heterocycles. The molecular formula is C77H150O17P2. The van der Waals surface area contributed by atoms with Crippen molar-refractivity contribution in [2.75, 3.05) is 39.6 Å². The zero-order valence-corrected chi connectivity index (χ0v) is 64.5. The summed E-state index contributed by atoms with van der Waals surface area (Å²) in [5.41, 5.74) is 0. The molecule has 570 valence electrons. The summed E-state index contributed by atoms with van der Waals surface area (Å²) in [5, 5.41) is 10.6. The number of rotatable bonds is 76. The Morgan fingerprint density at radius 2 is 0.479 bits per heavy atom. The first kappa shape index (κ1) is 94.1. The van der Waals surface area contributed by atoms with E-state index in [1.165, 1.54) is 212 Å². The van der Waals surface area contributed by atoms with E-state index in [2.05, 4.69) is 41.5 Å². The molecule has 0 heterocycles. The second-order valence-corrected chi connectivity index (χ2v) is 31.6. The summed E-state index contributed by atoms with van der Waals surface area (Å²) in [4.78, 5) is 72.8. The zero-order valence-electron chi connectivity index (χ0n) is 62.7. The Kier molecular flexibility index (Phi) is 67.4. The number of aliphatic hydroxyl groups excluding tert-OH is 1. The summed E-state index contributed by atoms with van der Waals surface area (Å²) in [5.74, 6) is -0.555. The zero-order chi connectivity index (χ0) is 70.7. The minimum atomic E-state index is -4.96. The van der Waals surface area contributed by atoms with Gasteiger partial charge in [0.2, 0.25) is 0 Å². The van der Waals surface area contributed by atoms with E-state index >= 15 is 0 Å². The van der Waals surface area contributed by atoms with E-state index in [-0.39, 0.29) is 25.7 Å². The lowest BCUT2D eigenvalue weighted by Gasteiger charge is -2.21. The van der Waals surface area contributed by atoms with Crippen molar-refractivity contribution in [3.8, 4) is 0 Å². The number of hydrogen-bond donors (Lipinski definition) is 3. The highest BCUT2D eigenvalue weighted by molar-refractivity contribution is 7.47. The highest BCUT2D eigenvalue weighted by Gasteiger charge is 2.30. The summed E-state index contributed by atoms with van der Waals surface area (Å²) < 4.78 is 68.5. The van der Waals surface area contributed by atoms with Gasteiger partial charge < -0.3 is 33.8 Å². The fraction of sp³-hybridized carbons (Fsp3) is 0.948.